The van der Waals surface area contributed by atoms with Crippen LogP contribution < -0.4 is 10.1 Å². The van der Waals surface area contributed by atoms with Crippen LogP contribution in [0.1, 0.15) is 43.5 Å². The van der Waals surface area contributed by atoms with E-state index in [1.807, 2.05) is 6.92 Å². The third kappa shape index (κ3) is 4.30. The van der Waals surface area contributed by atoms with Crippen molar-refractivity contribution in [3.05, 3.63) is 41.9 Å². The molecule has 0 aliphatic rings. The molecular formula is C19H20F3N5O2. The van der Waals surface area contributed by atoms with Crippen LogP contribution in [0, 0.1) is 0 Å². The van der Waals surface area contributed by atoms with Gasteiger partial charge in [0.15, 0.2) is 5.69 Å². The summed E-state index contributed by atoms with van der Waals surface area (Å²) in [5.74, 6) is -0.797. The van der Waals surface area contributed by atoms with Crippen molar-refractivity contribution in [1.29, 1.82) is 0 Å². The fourth-order valence-corrected chi connectivity index (χ4v) is 2.53. The third-order valence-electron chi connectivity index (χ3n) is 4.53. The Morgan fingerprint density at radius 2 is 1.83 bits per heavy atom. The maximum atomic E-state index is 13.6. The van der Waals surface area contributed by atoms with E-state index in [1.54, 1.807) is 38.1 Å². The number of methoxy groups -OCH3 is 1. The monoisotopic (exact) mass is 407 g/mol. The molecule has 0 fully saturated rings. The van der Waals surface area contributed by atoms with Gasteiger partial charge in [-0.25, -0.2) is 4.98 Å². The molecule has 1 amide bonds. The Bertz CT molecular complexity index is 1040. The van der Waals surface area contributed by atoms with E-state index in [1.165, 1.54) is 7.11 Å². The first-order chi connectivity index (χ1) is 13.5. The van der Waals surface area contributed by atoms with Gasteiger partial charge in [0.25, 0.3) is 11.7 Å². The number of nitrogens with one attached hydrogen (secondary N) is 1. The summed E-state index contributed by atoms with van der Waals surface area (Å²) in [4.78, 5) is 20.5. The van der Waals surface area contributed by atoms with E-state index in [0.29, 0.717) is 22.2 Å². The minimum atomic E-state index is -4.72. The van der Waals surface area contributed by atoms with Crippen LogP contribution in [-0.4, -0.2) is 38.1 Å². The maximum absolute atomic E-state index is 13.6. The summed E-state index contributed by atoms with van der Waals surface area (Å²) in [6.07, 6.45) is -4.09. The number of halogens is 3. The van der Waals surface area contributed by atoms with Crippen molar-refractivity contribution in [2.24, 2.45) is 0 Å². The van der Waals surface area contributed by atoms with Gasteiger partial charge >= 0.3 is 6.18 Å². The number of carbonyl (C=O) groups is 1. The topological polar surface area (TPSA) is 81.4 Å². The number of hydrogen-bond acceptors (Lipinski definition) is 5. The highest BCUT2D eigenvalue weighted by Crippen LogP contribution is 2.32. The average molecular weight is 407 g/mol. The van der Waals surface area contributed by atoms with E-state index in [0.717, 1.165) is 6.07 Å². The Labute approximate surface area is 164 Å². The van der Waals surface area contributed by atoms with E-state index in [9.17, 15) is 18.0 Å². The molecule has 10 heteroatoms. The molecule has 0 bridgehead atoms. The predicted molar refractivity (Wildman–Crippen MR) is 99.6 cm³/mol. The first kappa shape index (κ1) is 20.6. The number of fused-ring (bicyclic) bond motifs is 1. The molecule has 0 aliphatic carbocycles. The summed E-state index contributed by atoms with van der Waals surface area (Å²) in [6, 6.07) is 7.28. The van der Waals surface area contributed by atoms with Crippen molar-refractivity contribution in [2.75, 3.05) is 7.11 Å². The molecule has 0 radical (unpaired) electrons. The van der Waals surface area contributed by atoms with E-state index in [4.69, 9.17) is 4.74 Å². The zero-order valence-electron chi connectivity index (χ0n) is 16.3. The fourth-order valence-electron chi connectivity index (χ4n) is 2.53. The van der Waals surface area contributed by atoms with Gasteiger partial charge in [0.2, 0.25) is 5.82 Å². The van der Waals surface area contributed by atoms with Crippen molar-refractivity contribution in [1.82, 2.24) is 24.9 Å². The van der Waals surface area contributed by atoms with Crippen molar-refractivity contribution < 1.29 is 22.7 Å². The van der Waals surface area contributed by atoms with Crippen LogP contribution in [0.3, 0.4) is 0 Å². The average Bonchev–Trinajstić information content (AvgIpc) is 3.10. The number of carbonyl (C=O) groups excluding carboxylic acids is 1. The Morgan fingerprint density at radius 3 is 2.38 bits per heavy atom. The molecule has 2 aromatic heterocycles. The van der Waals surface area contributed by atoms with Crippen LogP contribution in [0.5, 0.6) is 5.75 Å². The standard InChI is InChI=1S/C19H20F3N5O2/c1-5-18(2,3)25-16(28)15-24-17-23-13(11-6-8-12(29-4)9-7-11)10-14(19(20,21)22)27(17)26-15/h6-10H,5H2,1-4H3,(H,25,28). The molecule has 0 aliphatic heterocycles. The van der Waals surface area contributed by atoms with Gasteiger partial charge < -0.3 is 10.1 Å². The lowest BCUT2D eigenvalue weighted by Crippen LogP contribution is -2.43. The smallest absolute Gasteiger partial charge is 0.433 e. The second-order valence-corrected chi connectivity index (χ2v) is 7.09. The number of ether oxygens (including phenoxy) is 1. The van der Waals surface area contributed by atoms with E-state index < -0.39 is 23.3 Å². The molecule has 0 atom stereocenters. The van der Waals surface area contributed by atoms with Crippen LogP contribution >= 0.6 is 0 Å². The van der Waals surface area contributed by atoms with Gasteiger partial charge in [0, 0.05) is 11.1 Å². The molecule has 0 saturated heterocycles. The lowest BCUT2D eigenvalue weighted by atomic mass is 10.0. The SMILES string of the molecule is CCC(C)(C)NC(=O)c1nc2nc(-c3ccc(OC)cc3)cc(C(F)(F)F)n2n1. The van der Waals surface area contributed by atoms with Crippen LogP contribution in [0.4, 0.5) is 13.2 Å². The zero-order valence-corrected chi connectivity index (χ0v) is 16.3. The Balaban J connectivity index is 2.11. The van der Waals surface area contributed by atoms with Gasteiger partial charge in [-0.05, 0) is 50.6 Å². The highest BCUT2D eigenvalue weighted by molar-refractivity contribution is 5.91. The third-order valence-corrected chi connectivity index (χ3v) is 4.53. The Morgan fingerprint density at radius 1 is 1.17 bits per heavy atom. The molecule has 0 spiro atoms. The molecule has 7 nitrogen and oxygen atoms in total. The van der Waals surface area contributed by atoms with Gasteiger partial charge in [-0.15, -0.1) is 5.10 Å². The maximum Gasteiger partial charge on any atom is 0.433 e. The van der Waals surface area contributed by atoms with Crippen LogP contribution in [-0.2, 0) is 6.18 Å². The van der Waals surface area contributed by atoms with Gasteiger partial charge in [0.05, 0.1) is 12.8 Å². The number of benzene rings is 1. The lowest BCUT2D eigenvalue weighted by molar-refractivity contribution is -0.142. The van der Waals surface area contributed by atoms with Gasteiger partial charge in [0.1, 0.15) is 5.75 Å². The van der Waals surface area contributed by atoms with Crippen molar-refractivity contribution >= 4 is 11.7 Å². The highest BCUT2D eigenvalue weighted by atomic mass is 19.4. The van der Waals surface area contributed by atoms with E-state index in [-0.39, 0.29) is 17.3 Å². The minimum Gasteiger partial charge on any atom is -0.497 e. The molecule has 3 rings (SSSR count). The van der Waals surface area contributed by atoms with Crippen LogP contribution in [0.15, 0.2) is 30.3 Å². The molecular weight excluding hydrogens is 387 g/mol. The Hall–Kier alpha value is -3.17. The zero-order chi connectivity index (χ0) is 21.4. The number of alkyl halides is 3. The summed E-state index contributed by atoms with van der Waals surface area (Å²) in [5, 5.41) is 6.45. The minimum absolute atomic E-state index is 0.0562. The predicted octanol–water partition coefficient (Wildman–Crippen LogP) is 3.74. The molecule has 2 heterocycles. The van der Waals surface area contributed by atoms with Crippen LogP contribution in [0.25, 0.3) is 17.0 Å². The summed E-state index contributed by atoms with van der Waals surface area (Å²) >= 11 is 0. The normalized spacial score (nSPS) is 12.2. The largest absolute Gasteiger partial charge is 0.497 e. The second kappa shape index (κ2) is 7.34. The van der Waals surface area contributed by atoms with Crippen molar-refractivity contribution in [2.45, 2.75) is 38.9 Å². The quantitative estimate of drug-likeness (QED) is 0.697. The van der Waals surface area contributed by atoms with E-state index >= 15 is 0 Å². The second-order valence-electron chi connectivity index (χ2n) is 7.09. The number of amides is 1. The molecule has 0 saturated carbocycles. The summed E-state index contributed by atoms with van der Waals surface area (Å²) < 4.78 is 46.5. The van der Waals surface area contributed by atoms with E-state index in [2.05, 4.69) is 20.4 Å². The summed E-state index contributed by atoms with van der Waals surface area (Å²) in [6.45, 7) is 5.46. The number of nitrogens with zero attached hydrogens (tertiary/aromatic N) is 4. The van der Waals surface area contributed by atoms with Gasteiger partial charge in [-0.2, -0.15) is 22.7 Å². The summed E-state index contributed by atoms with van der Waals surface area (Å²) in [5.41, 5.74) is -1.13. The molecule has 1 aromatic carbocycles. The molecule has 0 unspecified atom stereocenters. The number of hydrogen-bond donors (Lipinski definition) is 1. The fraction of sp³-hybridized carbons (Fsp3) is 0.368. The van der Waals surface area contributed by atoms with Gasteiger partial charge in [-0.3, -0.25) is 4.79 Å². The van der Waals surface area contributed by atoms with Crippen molar-refractivity contribution in [3.8, 4) is 17.0 Å². The number of aromatic nitrogens is 4. The summed E-state index contributed by atoms with van der Waals surface area (Å²) in [7, 11) is 1.49. The number of rotatable bonds is 5. The first-order valence-corrected chi connectivity index (χ1v) is 8.86. The Kier molecular flexibility index (Phi) is 5.20. The highest BCUT2D eigenvalue weighted by Gasteiger charge is 2.36. The lowest BCUT2D eigenvalue weighted by Gasteiger charge is -2.23. The van der Waals surface area contributed by atoms with Gasteiger partial charge in [-0.1, -0.05) is 6.92 Å². The molecule has 154 valence electrons. The first-order valence-electron chi connectivity index (χ1n) is 8.86. The molecule has 3 aromatic rings. The van der Waals surface area contributed by atoms with Crippen LogP contribution in [0.2, 0.25) is 0 Å². The molecule has 29 heavy (non-hydrogen) atoms. The molecule has 1 N–H and O–H groups in total. The van der Waals surface area contributed by atoms with Crippen molar-refractivity contribution in [3.63, 3.8) is 0 Å².